The van der Waals surface area contributed by atoms with Crippen molar-refractivity contribution in [2.75, 3.05) is 12.4 Å². The number of benzene rings is 4. The quantitative estimate of drug-likeness (QED) is 0.340. The standard InChI is InChI=1S/C30H30N2O4/c1-4-25(33)30(26(34)5-2)23-14-11-18-8-6-7-9-21(18)27(23)32-29(30)17-31-28-22-16-20(35-3)13-10-19(22)12-15-24(28)36-29/h6-17,25-26,32-34H,4-5H2,1-3H3. The monoisotopic (exact) mass is 482 g/mol. The molecule has 0 fully saturated rings. The molecule has 3 atom stereocenters. The molecule has 4 aromatic carbocycles. The van der Waals surface area contributed by atoms with Crippen molar-refractivity contribution in [1.29, 1.82) is 0 Å². The van der Waals surface area contributed by atoms with E-state index >= 15 is 0 Å². The van der Waals surface area contributed by atoms with Gasteiger partial charge in [-0.2, -0.15) is 0 Å². The Morgan fingerprint density at radius 3 is 2.36 bits per heavy atom. The summed E-state index contributed by atoms with van der Waals surface area (Å²) in [6.45, 7) is 3.85. The zero-order valence-corrected chi connectivity index (χ0v) is 20.7. The van der Waals surface area contributed by atoms with E-state index in [-0.39, 0.29) is 0 Å². The van der Waals surface area contributed by atoms with E-state index in [1.807, 2.05) is 68.4 Å². The largest absolute Gasteiger partial charge is 0.497 e. The molecule has 0 saturated heterocycles. The third-order valence-corrected chi connectivity index (χ3v) is 7.93. The number of rotatable bonds is 5. The lowest BCUT2D eigenvalue weighted by Gasteiger charge is -2.49. The molecule has 2 heterocycles. The Hall–Kier alpha value is -3.61. The second-order valence-corrected chi connectivity index (χ2v) is 9.65. The van der Waals surface area contributed by atoms with Crippen molar-refractivity contribution in [2.24, 2.45) is 4.99 Å². The van der Waals surface area contributed by atoms with Crippen molar-refractivity contribution in [3.05, 3.63) is 72.3 Å². The molecule has 2 aliphatic heterocycles. The number of methoxy groups -OCH3 is 1. The molecule has 4 aromatic rings. The zero-order chi connectivity index (χ0) is 25.1. The number of nitrogens with zero attached hydrogens (tertiary/aromatic N) is 1. The summed E-state index contributed by atoms with van der Waals surface area (Å²) in [6, 6.07) is 21.9. The minimum Gasteiger partial charge on any atom is -0.497 e. The van der Waals surface area contributed by atoms with E-state index in [1.165, 1.54) is 0 Å². The SMILES string of the molecule is CCC(O)C1(C(O)CC)c2ccc3ccccc3c2NC12C=Nc1c(ccc3ccc(OC)cc13)O2. The Morgan fingerprint density at radius 2 is 1.61 bits per heavy atom. The van der Waals surface area contributed by atoms with Crippen LogP contribution < -0.4 is 14.8 Å². The summed E-state index contributed by atoms with van der Waals surface area (Å²) in [6.07, 6.45) is 0.824. The molecule has 3 unspecified atom stereocenters. The van der Waals surface area contributed by atoms with E-state index in [9.17, 15) is 10.2 Å². The number of hydrogen-bond donors (Lipinski definition) is 3. The van der Waals surface area contributed by atoms with Crippen LogP contribution in [-0.2, 0) is 5.41 Å². The summed E-state index contributed by atoms with van der Waals surface area (Å²) < 4.78 is 12.3. The highest BCUT2D eigenvalue weighted by atomic mass is 16.5. The summed E-state index contributed by atoms with van der Waals surface area (Å²) in [7, 11) is 1.64. The molecule has 2 aliphatic rings. The predicted octanol–water partition coefficient (Wildman–Crippen LogP) is 5.70. The highest BCUT2D eigenvalue weighted by Crippen LogP contribution is 2.57. The molecule has 6 heteroatoms. The number of nitrogens with one attached hydrogen (secondary N) is 1. The van der Waals surface area contributed by atoms with Crippen molar-refractivity contribution in [3.8, 4) is 11.5 Å². The molecule has 0 saturated carbocycles. The number of aliphatic hydroxyl groups excluding tert-OH is 2. The molecule has 0 aliphatic carbocycles. The van der Waals surface area contributed by atoms with E-state index in [4.69, 9.17) is 14.5 Å². The van der Waals surface area contributed by atoms with Crippen molar-refractivity contribution in [3.63, 3.8) is 0 Å². The van der Waals surface area contributed by atoms with Gasteiger partial charge >= 0.3 is 0 Å². The summed E-state index contributed by atoms with van der Waals surface area (Å²) >= 11 is 0. The predicted molar refractivity (Wildman–Crippen MR) is 144 cm³/mol. The Bertz CT molecular complexity index is 1500. The summed E-state index contributed by atoms with van der Waals surface area (Å²) in [5.74, 6) is 1.32. The molecular formula is C30H30N2O4. The molecule has 0 aromatic heterocycles. The third-order valence-electron chi connectivity index (χ3n) is 7.93. The van der Waals surface area contributed by atoms with E-state index in [1.54, 1.807) is 13.3 Å². The average Bonchev–Trinajstić information content (AvgIpc) is 3.21. The molecule has 36 heavy (non-hydrogen) atoms. The Labute approximate surface area is 210 Å². The fraction of sp³-hybridized carbons (Fsp3) is 0.300. The summed E-state index contributed by atoms with van der Waals surface area (Å²) in [5.41, 5.74) is -0.0808. The highest BCUT2D eigenvalue weighted by Gasteiger charge is 2.67. The summed E-state index contributed by atoms with van der Waals surface area (Å²) in [5, 5.41) is 31.0. The number of hydrogen-bond acceptors (Lipinski definition) is 6. The van der Waals surface area contributed by atoms with Gasteiger partial charge in [0, 0.05) is 16.5 Å². The van der Waals surface area contributed by atoms with Crippen LogP contribution in [0.3, 0.4) is 0 Å². The number of aliphatic imine (C=N–C) groups is 1. The van der Waals surface area contributed by atoms with Crippen LogP contribution in [-0.4, -0.2) is 41.5 Å². The van der Waals surface area contributed by atoms with E-state index < -0.39 is 23.3 Å². The highest BCUT2D eigenvalue weighted by molar-refractivity contribution is 6.04. The van der Waals surface area contributed by atoms with Crippen LogP contribution in [0.25, 0.3) is 21.5 Å². The van der Waals surface area contributed by atoms with Gasteiger partial charge < -0.3 is 25.0 Å². The topological polar surface area (TPSA) is 83.3 Å². The lowest BCUT2D eigenvalue weighted by Crippen LogP contribution is -2.68. The number of ether oxygens (including phenoxy) is 2. The minimum absolute atomic E-state index is 0.436. The fourth-order valence-electron chi connectivity index (χ4n) is 6.17. The number of aliphatic hydroxyl groups is 2. The third kappa shape index (κ3) is 2.88. The van der Waals surface area contributed by atoms with Crippen LogP contribution in [0.4, 0.5) is 11.4 Å². The van der Waals surface area contributed by atoms with Crippen LogP contribution in [0.5, 0.6) is 11.5 Å². The van der Waals surface area contributed by atoms with E-state index in [0.717, 1.165) is 38.5 Å². The van der Waals surface area contributed by atoms with Gasteiger partial charge in [-0.15, -0.1) is 0 Å². The molecule has 0 radical (unpaired) electrons. The average molecular weight is 483 g/mol. The van der Waals surface area contributed by atoms with Crippen molar-refractivity contribution >= 4 is 39.1 Å². The normalized spacial score (nSPS) is 23.7. The minimum atomic E-state index is -1.29. The lowest BCUT2D eigenvalue weighted by molar-refractivity contribution is -0.0854. The second-order valence-electron chi connectivity index (χ2n) is 9.65. The van der Waals surface area contributed by atoms with Crippen LogP contribution >= 0.6 is 0 Å². The van der Waals surface area contributed by atoms with Crippen LogP contribution in [0.2, 0.25) is 0 Å². The molecule has 6 nitrogen and oxygen atoms in total. The smallest absolute Gasteiger partial charge is 0.232 e. The lowest BCUT2D eigenvalue weighted by atomic mass is 9.64. The van der Waals surface area contributed by atoms with E-state index in [2.05, 4.69) is 17.4 Å². The Morgan fingerprint density at radius 1 is 0.917 bits per heavy atom. The van der Waals surface area contributed by atoms with Crippen molar-refractivity contribution in [1.82, 2.24) is 0 Å². The number of anilines is 1. The first-order chi connectivity index (χ1) is 17.5. The maximum absolute atomic E-state index is 11.7. The van der Waals surface area contributed by atoms with Gasteiger partial charge in [-0.3, -0.25) is 4.99 Å². The molecular weight excluding hydrogens is 452 g/mol. The maximum atomic E-state index is 11.7. The number of fused-ring (bicyclic) bond motifs is 6. The Balaban J connectivity index is 1.62. The fourth-order valence-corrected chi connectivity index (χ4v) is 6.17. The molecule has 0 amide bonds. The van der Waals surface area contributed by atoms with Gasteiger partial charge in [0.25, 0.3) is 0 Å². The zero-order valence-electron chi connectivity index (χ0n) is 20.7. The van der Waals surface area contributed by atoms with Gasteiger partial charge in [0.1, 0.15) is 22.6 Å². The second kappa shape index (κ2) is 8.22. The van der Waals surface area contributed by atoms with Gasteiger partial charge in [-0.25, -0.2) is 0 Å². The van der Waals surface area contributed by atoms with Gasteiger partial charge in [-0.1, -0.05) is 62.4 Å². The van der Waals surface area contributed by atoms with Crippen molar-refractivity contribution < 1.29 is 19.7 Å². The van der Waals surface area contributed by atoms with Gasteiger partial charge in [0.15, 0.2) is 0 Å². The Kier molecular flexibility index (Phi) is 5.21. The molecule has 0 bridgehead atoms. The van der Waals surface area contributed by atoms with Gasteiger partial charge in [0.05, 0.1) is 25.5 Å². The maximum Gasteiger partial charge on any atom is 0.232 e. The molecule has 1 spiro atoms. The molecule has 3 N–H and O–H groups in total. The van der Waals surface area contributed by atoms with Gasteiger partial charge in [0.2, 0.25) is 5.72 Å². The van der Waals surface area contributed by atoms with Crippen LogP contribution in [0.1, 0.15) is 32.3 Å². The van der Waals surface area contributed by atoms with Crippen LogP contribution in [0, 0.1) is 0 Å². The van der Waals surface area contributed by atoms with Crippen molar-refractivity contribution in [2.45, 2.75) is 50.0 Å². The first kappa shape index (κ1) is 22.8. The molecule has 6 rings (SSSR count). The first-order valence-electron chi connectivity index (χ1n) is 12.5. The van der Waals surface area contributed by atoms with E-state index in [0.29, 0.717) is 24.3 Å². The van der Waals surface area contributed by atoms with Gasteiger partial charge in [-0.05, 0) is 47.4 Å². The first-order valence-corrected chi connectivity index (χ1v) is 12.5. The van der Waals surface area contributed by atoms with Crippen LogP contribution in [0.15, 0.2) is 71.7 Å². The molecule has 184 valence electrons. The summed E-state index contributed by atoms with van der Waals surface area (Å²) in [4.78, 5) is 4.93.